The molecule has 0 spiro atoms. The molecule has 0 bridgehead atoms. The van der Waals surface area contributed by atoms with E-state index in [0.717, 1.165) is 25.9 Å². The third-order valence-electron chi connectivity index (χ3n) is 2.52. The molecule has 4 nitrogen and oxygen atoms in total. The second-order valence-electron chi connectivity index (χ2n) is 3.58. The number of nitrogens with one attached hydrogen (secondary N) is 1. The zero-order valence-electron chi connectivity index (χ0n) is 8.90. The van der Waals surface area contributed by atoms with Gasteiger partial charge in [0, 0.05) is 6.20 Å². The summed E-state index contributed by atoms with van der Waals surface area (Å²) in [5.74, 6) is 1.31. The number of ether oxygens (including phenoxy) is 2. The Labute approximate surface area is 89.6 Å². The predicted octanol–water partition coefficient (Wildman–Crippen LogP) is 1.22. The smallest absolute Gasteiger partial charge is 0.257 e. The van der Waals surface area contributed by atoms with E-state index in [0.29, 0.717) is 11.6 Å². The van der Waals surface area contributed by atoms with Crippen LogP contribution in [0.1, 0.15) is 12.8 Å². The van der Waals surface area contributed by atoms with Crippen LogP contribution >= 0.6 is 0 Å². The standard InChI is InChI=1S/C11H16N2O2/c1-14-10-3-2-6-13-11(10)15-9-4-7-12-8-5-9/h2-3,6,9,12H,4-5,7-8H2,1H3. The Bertz CT molecular complexity index is 311. The minimum atomic E-state index is 0.259. The highest BCUT2D eigenvalue weighted by molar-refractivity contribution is 5.32. The van der Waals surface area contributed by atoms with Crippen LogP contribution in [0.4, 0.5) is 0 Å². The number of nitrogens with zero attached hydrogens (tertiary/aromatic N) is 1. The maximum atomic E-state index is 5.80. The first-order valence-corrected chi connectivity index (χ1v) is 5.26. The third-order valence-corrected chi connectivity index (χ3v) is 2.52. The molecule has 4 heteroatoms. The van der Waals surface area contributed by atoms with Crippen LogP contribution in [0.3, 0.4) is 0 Å². The fourth-order valence-electron chi connectivity index (χ4n) is 1.69. The molecule has 1 saturated heterocycles. The molecule has 0 aliphatic carbocycles. The van der Waals surface area contributed by atoms with E-state index in [4.69, 9.17) is 9.47 Å². The van der Waals surface area contributed by atoms with Crippen LogP contribution in [0.2, 0.25) is 0 Å². The molecule has 1 aliphatic rings. The highest BCUT2D eigenvalue weighted by atomic mass is 16.5. The first-order chi connectivity index (χ1) is 7.40. The van der Waals surface area contributed by atoms with Crippen molar-refractivity contribution in [3.05, 3.63) is 18.3 Å². The lowest BCUT2D eigenvalue weighted by Gasteiger charge is -2.23. The Morgan fingerprint density at radius 2 is 2.20 bits per heavy atom. The first-order valence-electron chi connectivity index (χ1n) is 5.26. The van der Waals surface area contributed by atoms with Crippen LogP contribution in [-0.2, 0) is 0 Å². The van der Waals surface area contributed by atoms with Gasteiger partial charge in [0.25, 0.3) is 5.88 Å². The van der Waals surface area contributed by atoms with Gasteiger partial charge in [-0.3, -0.25) is 0 Å². The molecule has 0 aromatic carbocycles. The van der Waals surface area contributed by atoms with Crippen LogP contribution in [0.25, 0.3) is 0 Å². The second-order valence-corrected chi connectivity index (χ2v) is 3.58. The van der Waals surface area contributed by atoms with Crippen molar-refractivity contribution < 1.29 is 9.47 Å². The van der Waals surface area contributed by atoms with Crippen molar-refractivity contribution in [2.45, 2.75) is 18.9 Å². The molecule has 0 saturated carbocycles. The van der Waals surface area contributed by atoms with Crippen molar-refractivity contribution in [3.8, 4) is 11.6 Å². The molecule has 0 amide bonds. The van der Waals surface area contributed by atoms with E-state index in [1.54, 1.807) is 13.3 Å². The Morgan fingerprint density at radius 1 is 1.40 bits per heavy atom. The quantitative estimate of drug-likeness (QED) is 0.811. The fourth-order valence-corrected chi connectivity index (χ4v) is 1.69. The third kappa shape index (κ3) is 2.59. The molecule has 0 radical (unpaired) electrons. The van der Waals surface area contributed by atoms with Crippen molar-refractivity contribution >= 4 is 0 Å². The van der Waals surface area contributed by atoms with E-state index in [2.05, 4.69) is 10.3 Å². The van der Waals surface area contributed by atoms with Crippen LogP contribution in [0.15, 0.2) is 18.3 Å². The van der Waals surface area contributed by atoms with Crippen molar-refractivity contribution in [2.24, 2.45) is 0 Å². The number of rotatable bonds is 3. The van der Waals surface area contributed by atoms with Gasteiger partial charge < -0.3 is 14.8 Å². The highest BCUT2D eigenvalue weighted by Crippen LogP contribution is 2.25. The summed E-state index contributed by atoms with van der Waals surface area (Å²) < 4.78 is 11.0. The SMILES string of the molecule is COc1cccnc1OC1CCNCC1. The van der Waals surface area contributed by atoms with E-state index >= 15 is 0 Å². The number of pyridine rings is 1. The normalized spacial score (nSPS) is 17.4. The average molecular weight is 208 g/mol. The van der Waals surface area contributed by atoms with E-state index in [1.165, 1.54) is 0 Å². The zero-order chi connectivity index (χ0) is 10.5. The Hall–Kier alpha value is -1.29. The summed E-state index contributed by atoms with van der Waals surface area (Å²) in [5, 5.41) is 3.30. The van der Waals surface area contributed by atoms with Gasteiger partial charge in [-0.1, -0.05) is 0 Å². The van der Waals surface area contributed by atoms with Gasteiger partial charge in [0.1, 0.15) is 6.10 Å². The second kappa shape index (κ2) is 4.98. The number of piperidine rings is 1. The van der Waals surface area contributed by atoms with Gasteiger partial charge in [0.05, 0.1) is 7.11 Å². The summed E-state index contributed by atoms with van der Waals surface area (Å²) in [6, 6.07) is 3.71. The maximum Gasteiger partial charge on any atom is 0.257 e. The summed E-state index contributed by atoms with van der Waals surface area (Å²) in [6.07, 6.45) is 4.04. The summed E-state index contributed by atoms with van der Waals surface area (Å²) in [5.41, 5.74) is 0. The average Bonchev–Trinajstić information content (AvgIpc) is 2.31. The molecule has 0 atom stereocenters. The van der Waals surface area contributed by atoms with E-state index in [-0.39, 0.29) is 6.10 Å². The van der Waals surface area contributed by atoms with E-state index in [1.807, 2.05) is 12.1 Å². The molecule has 15 heavy (non-hydrogen) atoms. The summed E-state index contributed by atoms with van der Waals surface area (Å²) >= 11 is 0. The van der Waals surface area contributed by atoms with Crippen molar-refractivity contribution in [3.63, 3.8) is 0 Å². The molecule has 0 unspecified atom stereocenters. The Morgan fingerprint density at radius 3 is 2.93 bits per heavy atom. The lowest BCUT2D eigenvalue weighted by Crippen LogP contribution is -2.34. The van der Waals surface area contributed by atoms with Gasteiger partial charge in [0.15, 0.2) is 5.75 Å². The highest BCUT2D eigenvalue weighted by Gasteiger charge is 2.16. The lowest BCUT2D eigenvalue weighted by molar-refractivity contribution is 0.150. The van der Waals surface area contributed by atoms with Crippen LogP contribution in [-0.4, -0.2) is 31.3 Å². The molecule has 1 aliphatic heterocycles. The maximum absolute atomic E-state index is 5.80. The minimum absolute atomic E-state index is 0.259. The van der Waals surface area contributed by atoms with Gasteiger partial charge in [0.2, 0.25) is 0 Å². The zero-order valence-corrected chi connectivity index (χ0v) is 8.90. The van der Waals surface area contributed by atoms with Crippen LogP contribution in [0, 0.1) is 0 Å². The van der Waals surface area contributed by atoms with Gasteiger partial charge in [-0.15, -0.1) is 0 Å². The molecule has 1 aromatic rings. The summed E-state index contributed by atoms with van der Waals surface area (Å²) in [6.45, 7) is 2.03. The molecule has 1 aromatic heterocycles. The molecular weight excluding hydrogens is 192 g/mol. The summed E-state index contributed by atoms with van der Waals surface area (Å²) in [4.78, 5) is 4.18. The van der Waals surface area contributed by atoms with E-state index < -0.39 is 0 Å². The Balaban J connectivity index is 2.02. The number of aromatic nitrogens is 1. The van der Waals surface area contributed by atoms with Crippen LogP contribution in [0.5, 0.6) is 11.6 Å². The molecule has 82 valence electrons. The monoisotopic (exact) mass is 208 g/mol. The predicted molar refractivity (Wildman–Crippen MR) is 57.3 cm³/mol. The number of hydrogen-bond donors (Lipinski definition) is 1. The molecular formula is C11H16N2O2. The number of methoxy groups -OCH3 is 1. The summed E-state index contributed by atoms with van der Waals surface area (Å²) in [7, 11) is 1.63. The lowest BCUT2D eigenvalue weighted by atomic mass is 10.1. The topological polar surface area (TPSA) is 43.4 Å². The van der Waals surface area contributed by atoms with Crippen molar-refractivity contribution in [1.82, 2.24) is 10.3 Å². The fraction of sp³-hybridized carbons (Fsp3) is 0.545. The van der Waals surface area contributed by atoms with Crippen LogP contribution < -0.4 is 14.8 Å². The van der Waals surface area contributed by atoms with Crippen molar-refractivity contribution in [1.29, 1.82) is 0 Å². The van der Waals surface area contributed by atoms with Gasteiger partial charge >= 0.3 is 0 Å². The molecule has 1 N–H and O–H groups in total. The minimum Gasteiger partial charge on any atom is -0.491 e. The molecule has 2 heterocycles. The molecule has 1 fully saturated rings. The Kier molecular flexibility index (Phi) is 3.40. The van der Waals surface area contributed by atoms with Gasteiger partial charge in [-0.05, 0) is 38.1 Å². The first kappa shape index (κ1) is 10.2. The van der Waals surface area contributed by atoms with Gasteiger partial charge in [-0.2, -0.15) is 0 Å². The van der Waals surface area contributed by atoms with E-state index in [9.17, 15) is 0 Å². The molecule has 2 rings (SSSR count). The van der Waals surface area contributed by atoms with Crippen molar-refractivity contribution in [2.75, 3.05) is 20.2 Å². The van der Waals surface area contributed by atoms with Gasteiger partial charge in [-0.25, -0.2) is 4.98 Å². The number of hydrogen-bond acceptors (Lipinski definition) is 4. The largest absolute Gasteiger partial charge is 0.491 e.